The van der Waals surface area contributed by atoms with Crippen molar-refractivity contribution in [1.29, 1.82) is 0 Å². The highest BCUT2D eigenvalue weighted by Crippen LogP contribution is 2.23. The van der Waals surface area contributed by atoms with Crippen molar-refractivity contribution >= 4 is 34.6 Å². The second kappa shape index (κ2) is 9.87. The summed E-state index contributed by atoms with van der Waals surface area (Å²) in [6.07, 6.45) is 1.49. The molecule has 7 nitrogen and oxygen atoms in total. The molecule has 8 heteroatoms. The Bertz CT molecular complexity index is 1100. The molecule has 0 aliphatic carbocycles. The summed E-state index contributed by atoms with van der Waals surface area (Å²) in [5.41, 5.74) is 5.57. The first-order chi connectivity index (χ1) is 15.1. The first kappa shape index (κ1) is 21.2. The molecular formula is C23H23ClN4O3. The Morgan fingerprint density at radius 3 is 2.74 bits per heavy atom. The minimum Gasteiger partial charge on any atom is -0.497 e. The van der Waals surface area contributed by atoms with Crippen LogP contribution in [0, 0.1) is 0 Å². The van der Waals surface area contributed by atoms with Crippen molar-refractivity contribution in [3.63, 3.8) is 0 Å². The Kier molecular flexibility index (Phi) is 6.76. The lowest BCUT2D eigenvalue weighted by atomic mass is 10.1. The molecule has 4 rings (SSSR count). The molecule has 2 aromatic carbocycles. The number of methoxy groups -OCH3 is 1. The number of aromatic nitrogens is 1. The van der Waals surface area contributed by atoms with Gasteiger partial charge in [0.05, 0.1) is 32.1 Å². The molecule has 31 heavy (non-hydrogen) atoms. The van der Waals surface area contributed by atoms with Gasteiger partial charge in [0.1, 0.15) is 10.9 Å². The zero-order chi connectivity index (χ0) is 21.6. The third-order valence-electron chi connectivity index (χ3n) is 5.10. The number of morpholine rings is 1. The van der Waals surface area contributed by atoms with Gasteiger partial charge in [-0.3, -0.25) is 9.69 Å². The van der Waals surface area contributed by atoms with Crippen LogP contribution in [0.1, 0.15) is 21.5 Å². The van der Waals surface area contributed by atoms with Crippen molar-refractivity contribution in [2.24, 2.45) is 5.10 Å². The average Bonchev–Trinajstić information content (AvgIpc) is 2.80. The molecule has 1 aliphatic rings. The molecule has 0 spiro atoms. The van der Waals surface area contributed by atoms with Gasteiger partial charge < -0.3 is 9.47 Å². The fourth-order valence-corrected chi connectivity index (χ4v) is 3.56. The smallest absolute Gasteiger partial charge is 0.271 e. The first-order valence-electron chi connectivity index (χ1n) is 9.99. The van der Waals surface area contributed by atoms with Crippen molar-refractivity contribution in [1.82, 2.24) is 15.3 Å². The number of carbonyl (C=O) groups is 1. The van der Waals surface area contributed by atoms with Crippen molar-refractivity contribution < 1.29 is 14.3 Å². The summed E-state index contributed by atoms with van der Waals surface area (Å²) >= 11 is 6.26. The fourth-order valence-electron chi connectivity index (χ4n) is 3.36. The van der Waals surface area contributed by atoms with Gasteiger partial charge in [-0.05, 0) is 35.9 Å². The Labute approximate surface area is 185 Å². The lowest BCUT2D eigenvalue weighted by molar-refractivity contribution is 0.0342. The van der Waals surface area contributed by atoms with Gasteiger partial charge in [0.2, 0.25) is 0 Å². The Morgan fingerprint density at radius 2 is 2.00 bits per heavy atom. The van der Waals surface area contributed by atoms with E-state index in [0.717, 1.165) is 49.3 Å². The Balaban J connectivity index is 1.38. The highest BCUT2D eigenvalue weighted by atomic mass is 35.5. The zero-order valence-electron chi connectivity index (χ0n) is 17.2. The summed E-state index contributed by atoms with van der Waals surface area (Å²) in [6.45, 7) is 4.24. The summed E-state index contributed by atoms with van der Waals surface area (Å²) in [6, 6.07) is 15.0. The number of fused-ring (bicyclic) bond motifs is 1. The molecular weight excluding hydrogens is 416 g/mol. The summed E-state index contributed by atoms with van der Waals surface area (Å²) in [7, 11) is 1.60. The lowest BCUT2D eigenvalue weighted by Crippen LogP contribution is -2.35. The van der Waals surface area contributed by atoms with Crippen LogP contribution in [0.3, 0.4) is 0 Å². The van der Waals surface area contributed by atoms with Crippen LogP contribution >= 0.6 is 11.6 Å². The van der Waals surface area contributed by atoms with Crippen LogP contribution in [0.4, 0.5) is 0 Å². The number of amides is 1. The molecule has 0 unspecified atom stereocenters. The van der Waals surface area contributed by atoms with Crippen LogP contribution in [-0.4, -0.2) is 55.4 Å². The second-order valence-corrected chi connectivity index (χ2v) is 7.57. The van der Waals surface area contributed by atoms with Gasteiger partial charge >= 0.3 is 0 Å². The minimum absolute atomic E-state index is 0.288. The third kappa shape index (κ3) is 5.38. The second-order valence-electron chi connectivity index (χ2n) is 7.21. The van der Waals surface area contributed by atoms with E-state index in [0.29, 0.717) is 22.0 Å². The molecule has 1 fully saturated rings. The number of ether oxygens (including phenoxy) is 2. The van der Waals surface area contributed by atoms with E-state index >= 15 is 0 Å². The molecule has 0 atom stereocenters. The first-order valence-corrected chi connectivity index (χ1v) is 10.4. The molecule has 0 bridgehead atoms. The zero-order valence-corrected chi connectivity index (χ0v) is 17.9. The molecule has 3 aromatic rings. The Morgan fingerprint density at radius 1 is 1.23 bits per heavy atom. The van der Waals surface area contributed by atoms with E-state index in [4.69, 9.17) is 21.1 Å². The average molecular weight is 439 g/mol. The van der Waals surface area contributed by atoms with E-state index in [9.17, 15) is 4.79 Å². The molecule has 1 saturated heterocycles. The van der Waals surface area contributed by atoms with Gasteiger partial charge in [-0.1, -0.05) is 23.7 Å². The summed E-state index contributed by atoms with van der Waals surface area (Å²) in [5.74, 6) is 0.421. The van der Waals surface area contributed by atoms with Gasteiger partial charge in [0.15, 0.2) is 0 Å². The number of nitrogens with one attached hydrogen (secondary N) is 1. The normalized spacial score (nSPS) is 14.8. The minimum atomic E-state index is -0.288. The molecule has 0 saturated carbocycles. The number of benzene rings is 2. The number of hydrogen-bond donors (Lipinski definition) is 1. The van der Waals surface area contributed by atoms with Crippen LogP contribution in [0.25, 0.3) is 10.9 Å². The number of rotatable bonds is 6. The highest BCUT2D eigenvalue weighted by molar-refractivity contribution is 6.32. The summed E-state index contributed by atoms with van der Waals surface area (Å²) in [4.78, 5) is 19.1. The number of halogens is 1. The Hall–Kier alpha value is -3.00. The molecule has 1 aliphatic heterocycles. The molecule has 1 amide bonds. The number of pyridine rings is 1. The molecule has 1 N–H and O–H groups in total. The van der Waals surface area contributed by atoms with Crippen molar-refractivity contribution in [3.8, 4) is 5.75 Å². The van der Waals surface area contributed by atoms with Gasteiger partial charge in [-0.2, -0.15) is 5.10 Å². The van der Waals surface area contributed by atoms with Crippen LogP contribution in [0.15, 0.2) is 53.6 Å². The monoisotopic (exact) mass is 438 g/mol. The van der Waals surface area contributed by atoms with Gasteiger partial charge in [-0.15, -0.1) is 0 Å². The molecule has 2 heterocycles. The van der Waals surface area contributed by atoms with Crippen LogP contribution < -0.4 is 10.2 Å². The van der Waals surface area contributed by atoms with Crippen molar-refractivity contribution in [2.75, 3.05) is 33.4 Å². The van der Waals surface area contributed by atoms with Crippen LogP contribution in [-0.2, 0) is 11.3 Å². The maximum absolute atomic E-state index is 12.4. The lowest BCUT2D eigenvalue weighted by Gasteiger charge is -2.26. The van der Waals surface area contributed by atoms with E-state index in [1.807, 2.05) is 36.4 Å². The van der Waals surface area contributed by atoms with E-state index in [1.165, 1.54) is 6.21 Å². The predicted molar refractivity (Wildman–Crippen MR) is 121 cm³/mol. The van der Waals surface area contributed by atoms with Crippen molar-refractivity contribution in [2.45, 2.75) is 6.54 Å². The maximum Gasteiger partial charge on any atom is 0.271 e. The largest absolute Gasteiger partial charge is 0.497 e. The molecule has 0 radical (unpaired) electrons. The summed E-state index contributed by atoms with van der Waals surface area (Å²) in [5, 5.41) is 5.23. The predicted octanol–water partition coefficient (Wildman–Crippen LogP) is 3.49. The number of nitrogens with zero attached hydrogens (tertiary/aromatic N) is 3. The maximum atomic E-state index is 12.4. The number of hydrazone groups is 1. The quantitative estimate of drug-likeness (QED) is 0.362. The highest BCUT2D eigenvalue weighted by Gasteiger charge is 2.11. The van der Waals surface area contributed by atoms with E-state index in [2.05, 4.69) is 20.4 Å². The van der Waals surface area contributed by atoms with E-state index in [1.54, 1.807) is 19.2 Å². The van der Waals surface area contributed by atoms with Gasteiger partial charge in [0.25, 0.3) is 5.91 Å². The van der Waals surface area contributed by atoms with Crippen LogP contribution in [0.5, 0.6) is 5.75 Å². The topological polar surface area (TPSA) is 76.0 Å². The standard InChI is InChI=1S/C23H23ClN4O3/c1-30-20-7-6-18-12-19(22(24)26-21(18)13-20)14-25-27-23(29)17-4-2-16(3-5-17)15-28-8-10-31-11-9-28/h2-7,12-14H,8-11,15H2,1H3,(H,27,29)/b25-14+. The number of carbonyl (C=O) groups excluding carboxylic acids is 1. The molecule has 1 aromatic heterocycles. The van der Waals surface area contributed by atoms with Gasteiger partial charge in [-0.25, -0.2) is 10.4 Å². The third-order valence-corrected chi connectivity index (χ3v) is 5.40. The number of hydrogen-bond acceptors (Lipinski definition) is 6. The summed E-state index contributed by atoms with van der Waals surface area (Å²) < 4.78 is 10.6. The fraction of sp³-hybridized carbons (Fsp3) is 0.261. The van der Waals surface area contributed by atoms with Crippen LogP contribution in [0.2, 0.25) is 5.15 Å². The van der Waals surface area contributed by atoms with Gasteiger partial charge in [0, 0.05) is 42.2 Å². The SMILES string of the molecule is COc1ccc2cc(/C=N/NC(=O)c3ccc(CN4CCOCC4)cc3)c(Cl)nc2c1. The molecule has 160 valence electrons. The van der Waals surface area contributed by atoms with Crippen molar-refractivity contribution in [3.05, 3.63) is 70.4 Å². The van der Waals surface area contributed by atoms with E-state index in [-0.39, 0.29) is 5.91 Å². The van der Waals surface area contributed by atoms with E-state index < -0.39 is 0 Å².